The maximum Gasteiger partial charge on any atom is 0.410 e. The zero-order chi connectivity index (χ0) is 23.0. The highest BCUT2D eigenvalue weighted by Crippen LogP contribution is 2.56. The fraction of sp³-hybridized carbons (Fsp3) is 0.552. The number of rotatable bonds is 5. The first-order valence-corrected chi connectivity index (χ1v) is 12.7. The van der Waals surface area contributed by atoms with Crippen LogP contribution in [0.25, 0.3) is 0 Å². The number of ether oxygens (including phenoxy) is 2. The van der Waals surface area contributed by atoms with E-state index in [1.165, 1.54) is 42.4 Å². The summed E-state index contributed by atoms with van der Waals surface area (Å²) >= 11 is 0. The number of likely N-dealkylation sites (tertiary alicyclic amines) is 1. The average Bonchev–Trinajstić information content (AvgIpc) is 2.82. The second-order valence-corrected chi connectivity index (χ2v) is 10.7. The fourth-order valence-corrected chi connectivity index (χ4v) is 6.91. The van der Waals surface area contributed by atoms with Crippen LogP contribution in [0.15, 0.2) is 42.5 Å². The highest BCUT2D eigenvalue weighted by molar-refractivity contribution is 5.69. The minimum absolute atomic E-state index is 0.151. The Hall–Kier alpha value is -2.49. The number of carbonyl (C=O) groups excluding carboxylic acids is 1. The van der Waals surface area contributed by atoms with Crippen LogP contribution in [-0.4, -0.2) is 30.7 Å². The minimum atomic E-state index is -0.151. The summed E-state index contributed by atoms with van der Waals surface area (Å²) in [5, 5.41) is 0. The monoisotopic (exact) mass is 447 g/mol. The molecule has 1 saturated heterocycles. The summed E-state index contributed by atoms with van der Waals surface area (Å²) in [5.74, 6) is 2.13. The Balaban J connectivity index is 1.46. The largest absolute Gasteiger partial charge is 0.496 e. The van der Waals surface area contributed by atoms with Crippen LogP contribution in [0.3, 0.4) is 0 Å². The van der Waals surface area contributed by atoms with Crippen molar-refractivity contribution >= 4 is 6.09 Å². The summed E-state index contributed by atoms with van der Waals surface area (Å²) in [7, 11) is 1.80. The van der Waals surface area contributed by atoms with Gasteiger partial charge in [-0.05, 0) is 72.3 Å². The van der Waals surface area contributed by atoms with E-state index in [0.29, 0.717) is 18.4 Å². The molecule has 5 rings (SSSR count). The minimum Gasteiger partial charge on any atom is -0.496 e. The van der Waals surface area contributed by atoms with Gasteiger partial charge in [0.2, 0.25) is 0 Å². The molecule has 0 spiro atoms. The van der Waals surface area contributed by atoms with Crippen LogP contribution in [0.2, 0.25) is 0 Å². The molecule has 0 aromatic heterocycles. The molecule has 2 aromatic rings. The second kappa shape index (κ2) is 9.04. The Morgan fingerprint density at radius 2 is 1.97 bits per heavy atom. The highest BCUT2D eigenvalue weighted by Gasteiger charge is 2.55. The van der Waals surface area contributed by atoms with Crippen molar-refractivity contribution in [2.45, 2.75) is 76.9 Å². The van der Waals surface area contributed by atoms with Gasteiger partial charge in [0.1, 0.15) is 12.4 Å². The molecule has 2 aromatic carbocycles. The molecule has 1 saturated carbocycles. The predicted molar refractivity (Wildman–Crippen MR) is 131 cm³/mol. The standard InChI is InChI=1S/C29H37NO3/c1-20(2)15-23-16-22-17-26-24-11-7-8-12-29(24,25(22)18-27(23)32-3)13-14-30(26)28(31)33-19-21-9-5-4-6-10-21/h4-6,9-10,16,18,20,24,26H,7-8,11-15,17,19H2,1-3H3/t24-,26+,29+/m1/s1. The lowest BCUT2D eigenvalue weighted by atomic mass is 9.52. The van der Waals surface area contributed by atoms with Gasteiger partial charge >= 0.3 is 6.09 Å². The normalized spacial score (nSPS) is 25.9. The van der Waals surface area contributed by atoms with Gasteiger partial charge in [-0.25, -0.2) is 4.79 Å². The topological polar surface area (TPSA) is 38.8 Å². The van der Waals surface area contributed by atoms with E-state index >= 15 is 0 Å². The number of fused-ring (bicyclic) bond motifs is 1. The van der Waals surface area contributed by atoms with Crippen LogP contribution in [0, 0.1) is 11.8 Å². The molecular weight excluding hydrogens is 410 g/mol. The lowest BCUT2D eigenvalue weighted by Gasteiger charge is -2.58. The number of piperidine rings is 1. The summed E-state index contributed by atoms with van der Waals surface area (Å²) in [5.41, 5.74) is 5.44. The fourth-order valence-electron chi connectivity index (χ4n) is 6.91. The lowest BCUT2D eigenvalue weighted by Crippen LogP contribution is -2.62. The van der Waals surface area contributed by atoms with Gasteiger partial charge in [-0.15, -0.1) is 0 Å². The molecule has 0 radical (unpaired) electrons. The van der Waals surface area contributed by atoms with Crippen LogP contribution in [-0.2, 0) is 29.6 Å². The van der Waals surface area contributed by atoms with Crippen molar-refractivity contribution in [3.05, 3.63) is 64.7 Å². The first-order valence-electron chi connectivity index (χ1n) is 12.7. The molecule has 1 aliphatic heterocycles. The van der Waals surface area contributed by atoms with Crippen LogP contribution in [0.1, 0.15) is 68.2 Å². The molecule has 0 unspecified atom stereocenters. The summed E-state index contributed by atoms with van der Waals surface area (Å²) in [6.45, 7) is 5.64. The van der Waals surface area contributed by atoms with Gasteiger partial charge in [0.25, 0.3) is 0 Å². The second-order valence-electron chi connectivity index (χ2n) is 10.7. The van der Waals surface area contributed by atoms with E-state index in [9.17, 15) is 4.79 Å². The van der Waals surface area contributed by atoms with E-state index in [0.717, 1.165) is 37.1 Å². The third-order valence-electron chi connectivity index (χ3n) is 8.30. The number of nitrogens with zero attached hydrogens (tertiary/aromatic N) is 1. The van der Waals surface area contributed by atoms with E-state index in [4.69, 9.17) is 9.47 Å². The number of carbonyl (C=O) groups is 1. The van der Waals surface area contributed by atoms with Crippen molar-refractivity contribution < 1.29 is 14.3 Å². The third-order valence-corrected chi connectivity index (χ3v) is 8.30. The van der Waals surface area contributed by atoms with Crippen molar-refractivity contribution in [3.8, 4) is 5.75 Å². The summed E-state index contributed by atoms with van der Waals surface area (Å²) in [6, 6.07) is 15.0. The molecule has 4 nitrogen and oxygen atoms in total. The number of hydrogen-bond donors (Lipinski definition) is 0. The van der Waals surface area contributed by atoms with Crippen LogP contribution >= 0.6 is 0 Å². The first kappa shape index (κ1) is 22.3. The number of amides is 1. The molecule has 2 aliphatic carbocycles. The Morgan fingerprint density at radius 3 is 2.73 bits per heavy atom. The van der Waals surface area contributed by atoms with Gasteiger partial charge in [-0.1, -0.05) is 63.1 Å². The van der Waals surface area contributed by atoms with Crippen molar-refractivity contribution in [3.63, 3.8) is 0 Å². The van der Waals surface area contributed by atoms with Gasteiger partial charge in [0.05, 0.1) is 7.11 Å². The zero-order valence-corrected chi connectivity index (χ0v) is 20.3. The van der Waals surface area contributed by atoms with Gasteiger partial charge in [0.15, 0.2) is 0 Å². The Kier molecular flexibility index (Phi) is 6.11. The van der Waals surface area contributed by atoms with Crippen molar-refractivity contribution in [1.82, 2.24) is 4.90 Å². The van der Waals surface area contributed by atoms with Crippen LogP contribution < -0.4 is 4.74 Å². The first-order chi connectivity index (χ1) is 16.0. The Labute approximate surface area is 198 Å². The van der Waals surface area contributed by atoms with E-state index in [1.807, 2.05) is 30.3 Å². The maximum absolute atomic E-state index is 13.3. The highest BCUT2D eigenvalue weighted by atomic mass is 16.6. The summed E-state index contributed by atoms with van der Waals surface area (Å²) < 4.78 is 11.7. The molecule has 3 atom stereocenters. The van der Waals surface area contributed by atoms with E-state index in [-0.39, 0.29) is 17.6 Å². The van der Waals surface area contributed by atoms with E-state index in [1.54, 1.807) is 7.11 Å². The SMILES string of the molecule is COc1cc2c(cc1CC(C)C)C[C@H]1[C@H]3CCCC[C@@]23CCN1C(=O)OCc1ccccc1. The van der Waals surface area contributed by atoms with Gasteiger partial charge in [-0.2, -0.15) is 0 Å². The molecule has 2 bridgehead atoms. The predicted octanol–water partition coefficient (Wildman–Crippen LogP) is 6.29. The van der Waals surface area contributed by atoms with Crippen LogP contribution in [0.5, 0.6) is 5.75 Å². The zero-order valence-electron chi connectivity index (χ0n) is 20.3. The van der Waals surface area contributed by atoms with Gasteiger partial charge in [-0.3, -0.25) is 0 Å². The van der Waals surface area contributed by atoms with Crippen molar-refractivity contribution in [2.75, 3.05) is 13.7 Å². The Morgan fingerprint density at radius 1 is 1.15 bits per heavy atom. The molecule has 1 amide bonds. The number of methoxy groups -OCH3 is 1. The summed E-state index contributed by atoms with van der Waals surface area (Å²) in [6.07, 6.45) is 7.77. The van der Waals surface area contributed by atoms with Gasteiger partial charge < -0.3 is 14.4 Å². The molecule has 33 heavy (non-hydrogen) atoms. The quantitative estimate of drug-likeness (QED) is 0.541. The number of hydrogen-bond acceptors (Lipinski definition) is 3. The van der Waals surface area contributed by atoms with Crippen LogP contribution in [0.4, 0.5) is 4.79 Å². The van der Waals surface area contributed by atoms with Crippen molar-refractivity contribution in [1.29, 1.82) is 0 Å². The molecule has 4 heteroatoms. The number of benzene rings is 2. The molecular formula is C29H37NO3. The molecule has 3 aliphatic rings. The van der Waals surface area contributed by atoms with Gasteiger partial charge in [0, 0.05) is 18.0 Å². The lowest BCUT2D eigenvalue weighted by molar-refractivity contribution is -0.0137. The molecule has 2 fully saturated rings. The molecule has 1 heterocycles. The maximum atomic E-state index is 13.3. The Bertz CT molecular complexity index is 1000. The third kappa shape index (κ3) is 4.02. The molecule has 0 N–H and O–H groups in total. The van der Waals surface area contributed by atoms with E-state index < -0.39 is 0 Å². The summed E-state index contributed by atoms with van der Waals surface area (Å²) in [4.78, 5) is 15.3. The average molecular weight is 448 g/mol. The van der Waals surface area contributed by atoms with E-state index in [2.05, 4.69) is 30.9 Å². The molecule has 176 valence electrons. The smallest absolute Gasteiger partial charge is 0.410 e. The van der Waals surface area contributed by atoms with Crippen molar-refractivity contribution in [2.24, 2.45) is 11.8 Å².